The van der Waals surface area contributed by atoms with E-state index < -0.39 is 30.3 Å². The molecule has 0 aromatic rings. The summed E-state index contributed by atoms with van der Waals surface area (Å²) in [6.45, 7) is 3.04. The van der Waals surface area contributed by atoms with E-state index in [1.165, 1.54) is 13.8 Å². The van der Waals surface area contributed by atoms with E-state index in [-0.39, 0.29) is 0 Å². The van der Waals surface area contributed by atoms with E-state index in [2.05, 4.69) is 0 Å². The second-order valence-corrected chi connectivity index (χ2v) is 2.87. The molecular formula is C7H11F2NO3. The molecule has 13 heavy (non-hydrogen) atoms. The fourth-order valence-electron chi connectivity index (χ4n) is 0.730. The maximum absolute atomic E-state index is 11.7. The predicted molar refractivity (Wildman–Crippen MR) is 40.4 cm³/mol. The second-order valence-electron chi connectivity index (χ2n) is 2.87. The number of hydrogen-bond donors (Lipinski definition) is 2. The van der Waals surface area contributed by atoms with Crippen molar-refractivity contribution in [3.8, 4) is 0 Å². The summed E-state index contributed by atoms with van der Waals surface area (Å²) >= 11 is 0. The quantitative estimate of drug-likeness (QED) is 0.685. The first-order valence-electron chi connectivity index (χ1n) is 3.67. The highest BCUT2D eigenvalue weighted by atomic mass is 19.3. The Morgan fingerprint density at radius 1 is 1.31 bits per heavy atom. The molecule has 2 N–H and O–H groups in total. The molecule has 0 aromatic carbocycles. The number of carboxylic acid groups (broad SMARTS) is 1. The minimum atomic E-state index is -3.18. The molecule has 0 spiro atoms. The van der Waals surface area contributed by atoms with Crippen LogP contribution >= 0.6 is 0 Å². The van der Waals surface area contributed by atoms with Gasteiger partial charge in [0.15, 0.2) is 0 Å². The van der Waals surface area contributed by atoms with E-state index in [1.54, 1.807) is 5.32 Å². The fraction of sp³-hybridized carbons (Fsp3) is 0.714. The summed E-state index contributed by atoms with van der Waals surface area (Å²) in [4.78, 5) is 20.9. The number of rotatable bonds is 4. The Bertz CT molecular complexity index is 206. The Labute approximate surface area is 73.9 Å². The van der Waals surface area contributed by atoms with Crippen molar-refractivity contribution in [3.63, 3.8) is 0 Å². The molecule has 1 amide bonds. The predicted octanol–water partition coefficient (Wildman–Crippen LogP) is 0.477. The zero-order valence-corrected chi connectivity index (χ0v) is 7.25. The third-order valence-electron chi connectivity index (χ3n) is 1.43. The number of amides is 1. The van der Waals surface area contributed by atoms with Crippen molar-refractivity contribution in [2.24, 2.45) is 5.92 Å². The highest BCUT2D eigenvalue weighted by Crippen LogP contribution is 2.03. The van der Waals surface area contributed by atoms with Crippen LogP contribution in [0.25, 0.3) is 0 Å². The van der Waals surface area contributed by atoms with Crippen molar-refractivity contribution in [2.75, 3.05) is 0 Å². The van der Waals surface area contributed by atoms with Crippen molar-refractivity contribution in [1.29, 1.82) is 0 Å². The zero-order valence-electron chi connectivity index (χ0n) is 7.25. The number of hydrogen-bond acceptors (Lipinski definition) is 2. The van der Waals surface area contributed by atoms with Crippen molar-refractivity contribution in [1.82, 2.24) is 5.32 Å². The summed E-state index contributed by atoms with van der Waals surface area (Å²) in [6.07, 6.45) is -3.18. The lowest BCUT2D eigenvalue weighted by Gasteiger charge is -2.17. The van der Waals surface area contributed by atoms with Crippen LogP contribution in [0.4, 0.5) is 8.78 Å². The van der Waals surface area contributed by atoms with Gasteiger partial charge in [0.2, 0.25) is 0 Å². The van der Waals surface area contributed by atoms with Crippen LogP contribution in [-0.4, -0.2) is 29.5 Å². The molecule has 0 aliphatic carbocycles. The molecule has 0 aromatic heterocycles. The van der Waals surface area contributed by atoms with Crippen LogP contribution in [0.5, 0.6) is 0 Å². The van der Waals surface area contributed by atoms with E-state index in [0.29, 0.717) is 0 Å². The average molecular weight is 195 g/mol. The molecule has 76 valence electrons. The average Bonchev–Trinajstić information content (AvgIpc) is 1.97. The van der Waals surface area contributed by atoms with Gasteiger partial charge in [0.05, 0.1) is 0 Å². The minimum absolute atomic E-state index is 0.430. The molecule has 4 nitrogen and oxygen atoms in total. The van der Waals surface area contributed by atoms with E-state index in [4.69, 9.17) is 5.11 Å². The minimum Gasteiger partial charge on any atom is -0.480 e. The number of carbonyl (C=O) groups excluding carboxylic acids is 1. The van der Waals surface area contributed by atoms with Crippen LogP contribution in [0.15, 0.2) is 0 Å². The lowest BCUT2D eigenvalue weighted by molar-refractivity contribution is -0.145. The van der Waals surface area contributed by atoms with Crippen LogP contribution in [-0.2, 0) is 9.59 Å². The number of aliphatic carboxylic acids is 1. The summed E-state index contributed by atoms with van der Waals surface area (Å²) in [5, 5.41) is 10.2. The molecule has 1 unspecified atom stereocenters. The van der Waals surface area contributed by atoms with Crippen molar-refractivity contribution >= 4 is 11.9 Å². The third kappa shape index (κ3) is 3.82. The molecule has 0 rings (SSSR count). The Morgan fingerprint density at radius 3 is 2.00 bits per heavy atom. The van der Waals surface area contributed by atoms with Gasteiger partial charge in [0.1, 0.15) is 6.04 Å². The van der Waals surface area contributed by atoms with Crippen LogP contribution in [0.3, 0.4) is 0 Å². The molecule has 0 fully saturated rings. The normalized spacial score (nSPS) is 13.1. The first-order chi connectivity index (χ1) is 5.86. The molecule has 0 saturated carbocycles. The summed E-state index contributed by atoms with van der Waals surface area (Å²) in [5.41, 5.74) is 0. The number of carboxylic acids is 1. The van der Waals surface area contributed by atoms with E-state index >= 15 is 0 Å². The van der Waals surface area contributed by atoms with Gasteiger partial charge in [-0.05, 0) is 5.92 Å². The first-order valence-corrected chi connectivity index (χ1v) is 3.67. The Balaban J connectivity index is 4.27. The summed E-state index contributed by atoms with van der Waals surface area (Å²) in [6, 6.07) is -1.26. The van der Waals surface area contributed by atoms with Gasteiger partial charge in [0, 0.05) is 0 Å². The standard InChI is InChI=1S/C7H11F2NO3/c1-3(2)4(7(12)13)10-6(11)5(8)9/h3-5H,1-2H3,(H,10,11)(H,12,13). The van der Waals surface area contributed by atoms with Gasteiger partial charge in [-0.3, -0.25) is 4.79 Å². The monoisotopic (exact) mass is 195 g/mol. The van der Waals surface area contributed by atoms with Gasteiger partial charge >= 0.3 is 12.4 Å². The maximum atomic E-state index is 11.7. The Morgan fingerprint density at radius 2 is 1.77 bits per heavy atom. The van der Waals surface area contributed by atoms with Crippen LogP contribution in [0.2, 0.25) is 0 Å². The van der Waals surface area contributed by atoms with E-state index in [9.17, 15) is 18.4 Å². The summed E-state index contributed by atoms with van der Waals surface area (Å²) < 4.78 is 23.4. The third-order valence-corrected chi connectivity index (χ3v) is 1.43. The van der Waals surface area contributed by atoms with Gasteiger partial charge in [-0.2, -0.15) is 8.78 Å². The molecular weight excluding hydrogens is 184 g/mol. The van der Waals surface area contributed by atoms with Gasteiger partial charge in [-0.25, -0.2) is 4.79 Å². The molecule has 0 saturated heterocycles. The van der Waals surface area contributed by atoms with E-state index in [0.717, 1.165) is 0 Å². The summed E-state index contributed by atoms with van der Waals surface area (Å²) in [5.74, 6) is -3.30. The number of halogens is 2. The lowest BCUT2D eigenvalue weighted by atomic mass is 10.1. The molecule has 0 radical (unpaired) electrons. The Kier molecular flexibility index (Phi) is 4.30. The number of nitrogens with one attached hydrogen (secondary N) is 1. The molecule has 0 heterocycles. The van der Waals surface area contributed by atoms with Crippen molar-refractivity contribution in [2.45, 2.75) is 26.3 Å². The van der Waals surface area contributed by atoms with Crippen LogP contribution < -0.4 is 5.32 Å². The van der Waals surface area contributed by atoms with Crippen LogP contribution in [0, 0.1) is 5.92 Å². The van der Waals surface area contributed by atoms with Gasteiger partial charge < -0.3 is 10.4 Å². The molecule has 0 aliphatic rings. The number of alkyl halides is 2. The number of carbonyl (C=O) groups is 2. The van der Waals surface area contributed by atoms with Crippen molar-refractivity contribution in [3.05, 3.63) is 0 Å². The molecule has 6 heteroatoms. The summed E-state index contributed by atoms with van der Waals surface area (Å²) in [7, 11) is 0. The Hall–Kier alpha value is -1.20. The van der Waals surface area contributed by atoms with Crippen molar-refractivity contribution < 1.29 is 23.5 Å². The van der Waals surface area contributed by atoms with E-state index in [1.807, 2.05) is 0 Å². The van der Waals surface area contributed by atoms with Gasteiger partial charge in [-0.1, -0.05) is 13.8 Å². The maximum Gasteiger partial charge on any atom is 0.326 e. The van der Waals surface area contributed by atoms with Crippen LogP contribution in [0.1, 0.15) is 13.8 Å². The highest BCUT2D eigenvalue weighted by molar-refractivity contribution is 5.85. The lowest BCUT2D eigenvalue weighted by Crippen LogP contribution is -2.46. The van der Waals surface area contributed by atoms with Gasteiger partial charge in [-0.15, -0.1) is 0 Å². The first kappa shape index (κ1) is 11.8. The molecule has 0 aliphatic heterocycles. The highest BCUT2D eigenvalue weighted by Gasteiger charge is 2.26. The largest absolute Gasteiger partial charge is 0.480 e. The fourth-order valence-corrected chi connectivity index (χ4v) is 0.730. The zero-order chi connectivity index (χ0) is 10.6. The topological polar surface area (TPSA) is 66.4 Å². The smallest absolute Gasteiger partial charge is 0.326 e. The second kappa shape index (κ2) is 4.74. The molecule has 0 bridgehead atoms. The van der Waals surface area contributed by atoms with Gasteiger partial charge in [0.25, 0.3) is 5.91 Å². The molecule has 1 atom stereocenters. The SMILES string of the molecule is CC(C)C(NC(=O)C(F)F)C(=O)O.